The summed E-state index contributed by atoms with van der Waals surface area (Å²) in [6, 6.07) is 9.35. The molecule has 2 aromatic heterocycles. The van der Waals surface area contributed by atoms with Gasteiger partial charge in [-0.1, -0.05) is 6.07 Å². The molecule has 1 fully saturated rings. The molecule has 7 nitrogen and oxygen atoms in total. The Bertz CT molecular complexity index is 1020. The fourth-order valence-corrected chi connectivity index (χ4v) is 4.33. The number of hydrogen-bond acceptors (Lipinski definition) is 5. The number of aromatic nitrogens is 3. The predicted octanol–water partition coefficient (Wildman–Crippen LogP) is 3.53. The van der Waals surface area contributed by atoms with Gasteiger partial charge in [0.15, 0.2) is 5.65 Å². The van der Waals surface area contributed by atoms with E-state index in [2.05, 4.69) is 26.1 Å². The van der Waals surface area contributed by atoms with Gasteiger partial charge in [0.25, 0.3) is 5.91 Å². The van der Waals surface area contributed by atoms with Gasteiger partial charge in [-0.2, -0.15) is 0 Å². The molecule has 1 saturated heterocycles. The molecule has 0 saturated carbocycles. The average molecular weight is 445 g/mol. The predicted molar refractivity (Wildman–Crippen MR) is 108 cm³/mol. The van der Waals surface area contributed by atoms with E-state index < -0.39 is 0 Å². The van der Waals surface area contributed by atoms with Crippen LogP contribution in [0.3, 0.4) is 0 Å². The fraction of sp³-hybridized carbons (Fsp3) is 0.350. The number of amides is 1. The highest BCUT2D eigenvalue weighted by Gasteiger charge is 2.30. The molecule has 0 aliphatic carbocycles. The molecule has 3 aromatic rings. The van der Waals surface area contributed by atoms with Crippen LogP contribution in [0.4, 0.5) is 0 Å². The minimum atomic E-state index is -0.0741. The number of hydrogen-bond donors (Lipinski definition) is 0. The molecule has 1 atom stereocenters. The molecule has 0 radical (unpaired) electrons. The molecule has 28 heavy (non-hydrogen) atoms. The van der Waals surface area contributed by atoms with Crippen molar-refractivity contribution in [3.05, 3.63) is 52.4 Å². The number of rotatable bonds is 4. The second kappa shape index (κ2) is 7.79. The Morgan fingerprint density at radius 3 is 2.86 bits per heavy atom. The van der Waals surface area contributed by atoms with Gasteiger partial charge >= 0.3 is 0 Å². The number of benzene rings is 1. The minimum absolute atomic E-state index is 0.0741. The topological polar surface area (TPSA) is 69.0 Å². The Kier molecular flexibility index (Phi) is 5.21. The number of carbonyl (C=O) groups excluding carboxylic acids is 1. The molecule has 1 amide bonds. The number of carbonyl (C=O) groups is 1. The van der Waals surface area contributed by atoms with Crippen LogP contribution < -0.4 is 9.47 Å². The van der Waals surface area contributed by atoms with Crippen LogP contribution in [0.15, 0.2) is 41.0 Å². The van der Waals surface area contributed by atoms with Gasteiger partial charge in [0.05, 0.1) is 24.3 Å². The maximum absolute atomic E-state index is 13.3. The van der Waals surface area contributed by atoms with Crippen molar-refractivity contribution in [2.24, 2.45) is 0 Å². The van der Waals surface area contributed by atoms with Crippen molar-refractivity contribution < 1.29 is 14.3 Å². The summed E-state index contributed by atoms with van der Waals surface area (Å²) < 4.78 is 13.5. The molecule has 4 rings (SSSR count). The number of pyridine rings is 1. The number of ether oxygens (including phenoxy) is 2. The first-order valence-corrected chi connectivity index (χ1v) is 9.92. The molecule has 0 unspecified atom stereocenters. The maximum Gasteiger partial charge on any atom is 0.257 e. The highest BCUT2D eigenvalue weighted by molar-refractivity contribution is 9.10. The average Bonchev–Trinajstić information content (AvgIpc) is 3.17. The van der Waals surface area contributed by atoms with Gasteiger partial charge in [0, 0.05) is 25.2 Å². The van der Waals surface area contributed by atoms with Gasteiger partial charge in [-0.05, 0) is 53.0 Å². The van der Waals surface area contributed by atoms with E-state index in [0.29, 0.717) is 34.6 Å². The van der Waals surface area contributed by atoms with Crippen LogP contribution in [-0.4, -0.2) is 52.7 Å². The summed E-state index contributed by atoms with van der Waals surface area (Å²) in [5.74, 6) is 2.07. The molecular formula is C20H21BrN4O3. The van der Waals surface area contributed by atoms with Crippen molar-refractivity contribution >= 4 is 27.5 Å². The summed E-state index contributed by atoms with van der Waals surface area (Å²) in [6.07, 6.45) is 3.84. The highest BCUT2D eigenvalue weighted by atomic mass is 79.9. The van der Waals surface area contributed by atoms with E-state index in [9.17, 15) is 4.79 Å². The number of halogens is 1. The van der Waals surface area contributed by atoms with E-state index in [-0.39, 0.29) is 11.8 Å². The van der Waals surface area contributed by atoms with Crippen LogP contribution in [-0.2, 0) is 0 Å². The smallest absolute Gasteiger partial charge is 0.257 e. The number of fused-ring (bicyclic) bond motifs is 1. The zero-order valence-corrected chi connectivity index (χ0v) is 17.3. The lowest BCUT2D eigenvalue weighted by atomic mass is 9.96. The largest absolute Gasteiger partial charge is 0.497 e. The molecule has 146 valence electrons. The third-order valence-corrected chi connectivity index (χ3v) is 5.69. The lowest BCUT2D eigenvalue weighted by molar-refractivity contribution is 0.0700. The van der Waals surface area contributed by atoms with Gasteiger partial charge in [0.1, 0.15) is 17.3 Å². The molecule has 0 spiro atoms. The zero-order valence-electron chi connectivity index (χ0n) is 15.8. The van der Waals surface area contributed by atoms with Crippen molar-refractivity contribution in [3.8, 4) is 11.5 Å². The summed E-state index contributed by atoms with van der Waals surface area (Å²) in [4.78, 5) is 15.2. The second-order valence-corrected chi connectivity index (χ2v) is 7.62. The van der Waals surface area contributed by atoms with E-state index in [0.717, 1.165) is 24.3 Å². The Morgan fingerprint density at radius 1 is 1.21 bits per heavy atom. The summed E-state index contributed by atoms with van der Waals surface area (Å²) in [5, 5.41) is 8.63. The normalized spacial score (nSPS) is 17.0. The number of piperidine rings is 1. The third-order valence-electron chi connectivity index (χ3n) is 5.10. The number of methoxy groups -OCH3 is 2. The van der Waals surface area contributed by atoms with Gasteiger partial charge in [-0.15, -0.1) is 10.2 Å². The minimum Gasteiger partial charge on any atom is -0.497 e. The van der Waals surface area contributed by atoms with Crippen LogP contribution in [0.1, 0.15) is 34.9 Å². The Balaban J connectivity index is 1.63. The lowest BCUT2D eigenvalue weighted by Crippen LogP contribution is -2.39. The fourth-order valence-electron chi connectivity index (χ4n) is 3.73. The van der Waals surface area contributed by atoms with Crippen LogP contribution in [0.2, 0.25) is 0 Å². The van der Waals surface area contributed by atoms with Crippen LogP contribution >= 0.6 is 15.9 Å². The Hall–Kier alpha value is -2.61. The van der Waals surface area contributed by atoms with Gasteiger partial charge in [-0.25, -0.2) is 0 Å². The first-order chi connectivity index (χ1) is 13.6. The molecule has 8 heteroatoms. The number of nitrogens with zero attached hydrogens (tertiary/aromatic N) is 4. The molecule has 3 heterocycles. The lowest BCUT2D eigenvalue weighted by Gasteiger charge is -2.32. The number of likely N-dealkylation sites (tertiary alicyclic amines) is 1. The van der Waals surface area contributed by atoms with Crippen molar-refractivity contribution in [2.75, 3.05) is 27.3 Å². The second-order valence-electron chi connectivity index (χ2n) is 6.77. The Morgan fingerprint density at radius 2 is 2.07 bits per heavy atom. The molecule has 1 aliphatic rings. The maximum atomic E-state index is 13.3. The van der Waals surface area contributed by atoms with Crippen molar-refractivity contribution in [2.45, 2.75) is 18.8 Å². The molecule has 1 aromatic carbocycles. The molecular weight excluding hydrogens is 424 g/mol. The first kappa shape index (κ1) is 18.7. The summed E-state index contributed by atoms with van der Waals surface area (Å²) in [6.45, 7) is 1.29. The van der Waals surface area contributed by atoms with Crippen molar-refractivity contribution in [3.63, 3.8) is 0 Å². The molecule has 1 aliphatic heterocycles. The van der Waals surface area contributed by atoms with E-state index in [1.807, 2.05) is 33.7 Å². The van der Waals surface area contributed by atoms with Crippen molar-refractivity contribution in [1.82, 2.24) is 19.5 Å². The summed E-state index contributed by atoms with van der Waals surface area (Å²) in [5.41, 5.74) is 1.31. The van der Waals surface area contributed by atoms with E-state index in [4.69, 9.17) is 9.47 Å². The third kappa shape index (κ3) is 3.32. The van der Waals surface area contributed by atoms with E-state index in [1.165, 1.54) is 0 Å². The van der Waals surface area contributed by atoms with Crippen LogP contribution in [0.25, 0.3) is 5.65 Å². The summed E-state index contributed by atoms with van der Waals surface area (Å²) >= 11 is 3.46. The highest BCUT2D eigenvalue weighted by Crippen LogP contribution is 2.35. The standard InChI is InChI=1S/C20H21BrN4O3/c1-27-14-10-15(18(28-2)16(21)11-14)20(26)24-8-5-6-13(12-24)19-23-22-17-7-3-4-9-25(17)19/h3-4,7,9-11,13H,5-6,8,12H2,1-2H3/t13-/m0/s1. The SMILES string of the molecule is COc1cc(Br)c(OC)c(C(=O)N2CCC[C@H](c3nnc4ccccn34)C2)c1. The van der Waals surface area contributed by atoms with Crippen LogP contribution in [0, 0.1) is 0 Å². The first-order valence-electron chi connectivity index (χ1n) is 9.13. The monoisotopic (exact) mass is 444 g/mol. The summed E-state index contributed by atoms with van der Waals surface area (Å²) in [7, 11) is 3.14. The van der Waals surface area contributed by atoms with E-state index in [1.54, 1.807) is 26.4 Å². The van der Waals surface area contributed by atoms with Crippen molar-refractivity contribution in [1.29, 1.82) is 0 Å². The van der Waals surface area contributed by atoms with Gasteiger partial charge in [-0.3, -0.25) is 9.20 Å². The zero-order chi connectivity index (χ0) is 19.7. The Labute approximate surface area is 171 Å². The van der Waals surface area contributed by atoms with Gasteiger partial charge in [0.2, 0.25) is 0 Å². The molecule has 0 bridgehead atoms. The quantitative estimate of drug-likeness (QED) is 0.615. The van der Waals surface area contributed by atoms with E-state index >= 15 is 0 Å². The van der Waals surface area contributed by atoms with Crippen LogP contribution in [0.5, 0.6) is 11.5 Å². The van der Waals surface area contributed by atoms with Gasteiger partial charge < -0.3 is 14.4 Å². The molecule has 0 N–H and O–H groups in total.